The lowest BCUT2D eigenvalue weighted by Gasteiger charge is -2.02. The van der Waals surface area contributed by atoms with Crippen LogP contribution in [0.25, 0.3) is 0 Å². The van der Waals surface area contributed by atoms with Crippen molar-refractivity contribution in [1.82, 2.24) is 9.97 Å². The van der Waals surface area contributed by atoms with Gasteiger partial charge in [-0.3, -0.25) is 0 Å². The van der Waals surface area contributed by atoms with Crippen LogP contribution in [0.3, 0.4) is 0 Å². The van der Waals surface area contributed by atoms with Gasteiger partial charge in [-0.2, -0.15) is 0 Å². The molecule has 4 heteroatoms. The summed E-state index contributed by atoms with van der Waals surface area (Å²) >= 11 is 7.66. The Kier molecular flexibility index (Phi) is 4.83. The number of aryl methyl sites for hydroxylation is 1. The Labute approximate surface area is 110 Å². The highest BCUT2D eigenvalue weighted by atomic mass is 35.5. The van der Waals surface area contributed by atoms with Crippen molar-refractivity contribution in [2.24, 2.45) is 0 Å². The van der Waals surface area contributed by atoms with Crippen LogP contribution in [-0.2, 0) is 6.42 Å². The van der Waals surface area contributed by atoms with E-state index < -0.39 is 0 Å². The molecule has 2 rings (SSSR count). The lowest BCUT2D eigenvalue weighted by molar-refractivity contribution is 0.929. The summed E-state index contributed by atoms with van der Waals surface area (Å²) in [6.45, 7) is 0. The fraction of sp³-hybridized carbons (Fsp3) is 0.231. The van der Waals surface area contributed by atoms with Crippen molar-refractivity contribution in [2.75, 3.05) is 5.75 Å². The van der Waals surface area contributed by atoms with Crippen molar-refractivity contribution in [3.63, 3.8) is 0 Å². The molecule has 1 heterocycles. The van der Waals surface area contributed by atoms with Gasteiger partial charge in [-0.05, 0) is 24.2 Å². The monoisotopic (exact) mass is 264 g/mol. The lowest BCUT2D eigenvalue weighted by Crippen LogP contribution is -1.89. The first-order chi connectivity index (χ1) is 8.36. The molecule has 0 saturated carbocycles. The highest BCUT2D eigenvalue weighted by Gasteiger charge is 2.01. The van der Waals surface area contributed by atoms with Crippen molar-refractivity contribution < 1.29 is 0 Å². The molecule has 0 fully saturated rings. The van der Waals surface area contributed by atoms with Gasteiger partial charge in [0.1, 0.15) is 11.4 Å². The van der Waals surface area contributed by atoms with Crippen LogP contribution in [0.2, 0.25) is 5.02 Å². The maximum atomic E-state index is 5.97. The van der Waals surface area contributed by atoms with Crippen LogP contribution in [0.4, 0.5) is 0 Å². The van der Waals surface area contributed by atoms with Gasteiger partial charge in [0.15, 0.2) is 0 Å². The second kappa shape index (κ2) is 6.62. The van der Waals surface area contributed by atoms with E-state index in [1.807, 2.05) is 6.07 Å². The van der Waals surface area contributed by atoms with Crippen LogP contribution in [0.15, 0.2) is 47.9 Å². The minimum absolute atomic E-state index is 0.636. The molecule has 2 aromatic rings. The van der Waals surface area contributed by atoms with Gasteiger partial charge in [0.05, 0.1) is 11.2 Å². The van der Waals surface area contributed by atoms with E-state index >= 15 is 0 Å². The summed E-state index contributed by atoms with van der Waals surface area (Å²) < 4.78 is 0. The Morgan fingerprint density at radius 3 is 2.76 bits per heavy atom. The van der Waals surface area contributed by atoms with Gasteiger partial charge in [0, 0.05) is 0 Å². The molecule has 0 spiro atoms. The molecule has 0 aliphatic rings. The van der Waals surface area contributed by atoms with E-state index in [1.54, 1.807) is 18.0 Å². The Morgan fingerprint density at radius 1 is 1.18 bits per heavy atom. The van der Waals surface area contributed by atoms with Gasteiger partial charge in [0.25, 0.3) is 0 Å². The van der Waals surface area contributed by atoms with Gasteiger partial charge in [-0.15, -0.1) is 11.8 Å². The summed E-state index contributed by atoms with van der Waals surface area (Å²) in [4.78, 5) is 8.01. The van der Waals surface area contributed by atoms with Crippen molar-refractivity contribution in [1.29, 1.82) is 0 Å². The fourth-order valence-electron chi connectivity index (χ4n) is 1.50. The zero-order valence-electron chi connectivity index (χ0n) is 9.34. The number of thioether (sulfide) groups is 1. The van der Waals surface area contributed by atoms with E-state index in [0.717, 1.165) is 23.6 Å². The number of halogens is 1. The van der Waals surface area contributed by atoms with Gasteiger partial charge < -0.3 is 0 Å². The molecular formula is C13H13ClN2S. The molecule has 0 aliphatic carbocycles. The second-order valence-electron chi connectivity index (χ2n) is 3.61. The van der Waals surface area contributed by atoms with Gasteiger partial charge >= 0.3 is 0 Å². The molecule has 0 N–H and O–H groups in total. The predicted molar refractivity (Wildman–Crippen MR) is 72.5 cm³/mol. The molecule has 0 amide bonds. The molecule has 1 aromatic carbocycles. The largest absolute Gasteiger partial charge is 0.243 e. The second-order valence-corrected chi connectivity index (χ2v) is 5.10. The highest BCUT2D eigenvalue weighted by molar-refractivity contribution is 7.99. The van der Waals surface area contributed by atoms with E-state index in [-0.39, 0.29) is 0 Å². The lowest BCUT2D eigenvalue weighted by atomic mass is 10.1. The summed E-state index contributed by atoms with van der Waals surface area (Å²) in [5.74, 6) is 1.02. The Hall–Kier alpha value is -1.06. The first-order valence-electron chi connectivity index (χ1n) is 5.48. The molecule has 88 valence electrons. The number of benzene rings is 1. The molecule has 0 saturated heterocycles. The fourth-order valence-corrected chi connectivity index (χ4v) is 2.56. The number of hydrogen-bond acceptors (Lipinski definition) is 3. The van der Waals surface area contributed by atoms with Crippen LogP contribution in [0.1, 0.15) is 12.0 Å². The number of rotatable bonds is 5. The Balaban J connectivity index is 1.76. The summed E-state index contributed by atoms with van der Waals surface area (Å²) in [5, 5.41) is 1.51. The molecule has 2 nitrogen and oxygen atoms in total. The third-order valence-corrected chi connectivity index (χ3v) is 3.81. The van der Waals surface area contributed by atoms with Gasteiger partial charge in [-0.1, -0.05) is 41.9 Å². The quantitative estimate of drug-likeness (QED) is 0.466. The highest BCUT2D eigenvalue weighted by Crippen LogP contribution is 2.24. The normalized spacial score (nSPS) is 10.4. The third-order valence-electron chi connectivity index (χ3n) is 2.33. The smallest absolute Gasteiger partial charge is 0.118 e. The van der Waals surface area contributed by atoms with E-state index in [9.17, 15) is 0 Å². The Bertz CT molecular complexity index is 462. The average molecular weight is 265 g/mol. The summed E-state index contributed by atoms with van der Waals surface area (Å²) in [7, 11) is 0. The summed E-state index contributed by atoms with van der Waals surface area (Å²) in [6, 6.07) is 10.5. The van der Waals surface area contributed by atoms with Gasteiger partial charge in [-0.25, -0.2) is 9.97 Å². The van der Waals surface area contributed by atoms with E-state index in [4.69, 9.17) is 11.6 Å². The van der Waals surface area contributed by atoms with Gasteiger partial charge in [0.2, 0.25) is 0 Å². The molecule has 17 heavy (non-hydrogen) atoms. The van der Waals surface area contributed by atoms with Crippen molar-refractivity contribution in [3.05, 3.63) is 53.4 Å². The zero-order valence-corrected chi connectivity index (χ0v) is 10.9. The molecule has 1 aromatic heterocycles. The average Bonchev–Trinajstić information content (AvgIpc) is 2.38. The van der Waals surface area contributed by atoms with E-state index in [2.05, 4.69) is 34.2 Å². The maximum Gasteiger partial charge on any atom is 0.118 e. The molecule has 0 aliphatic heterocycles. The number of aromatic nitrogens is 2. The molecule has 0 atom stereocenters. The summed E-state index contributed by atoms with van der Waals surface area (Å²) in [5.41, 5.74) is 1.38. The van der Waals surface area contributed by atoms with Crippen molar-refractivity contribution in [2.45, 2.75) is 17.9 Å². The SMILES string of the molecule is Clc1cncnc1SCCCc1ccccc1. The first kappa shape index (κ1) is 12.4. The predicted octanol–water partition coefficient (Wildman–Crippen LogP) is 3.85. The minimum atomic E-state index is 0.636. The first-order valence-corrected chi connectivity index (χ1v) is 6.85. The van der Waals surface area contributed by atoms with E-state index in [1.165, 1.54) is 11.9 Å². The Morgan fingerprint density at radius 2 is 2.00 bits per heavy atom. The summed E-state index contributed by atoms with van der Waals surface area (Å²) in [6.07, 6.45) is 5.38. The maximum absolute atomic E-state index is 5.97. The van der Waals surface area contributed by atoms with Crippen LogP contribution in [0.5, 0.6) is 0 Å². The van der Waals surface area contributed by atoms with Crippen molar-refractivity contribution in [3.8, 4) is 0 Å². The van der Waals surface area contributed by atoms with Crippen LogP contribution in [-0.4, -0.2) is 15.7 Å². The zero-order chi connectivity index (χ0) is 11.9. The molecular weight excluding hydrogens is 252 g/mol. The topological polar surface area (TPSA) is 25.8 Å². The van der Waals surface area contributed by atoms with E-state index in [0.29, 0.717) is 5.02 Å². The number of hydrogen-bond donors (Lipinski definition) is 0. The molecule has 0 radical (unpaired) electrons. The van der Waals surface area contributed by atoms with Crippen LogP contribution >= 0.6 is 23.4 Å². The number of nitrogens with zero attached hydrogens (tertiary/aromatic N) is 2. The standard InChI is InChI=1S/C13H13ClN2S/c14-12-9-15-10-16-13(12)17-8-4-7-11-5-2-1-3-6-11/h1-3,5-6,9-10H,4,7-8H2. The van der Waals surface area contributed by atoms with Crippen LogP contribution in [0, 0.1) is 0 Å². The molecule has 0 unspecified atom stereocenters. The molecule has 0 bridgehead atoms. The van der Waals surface area contributed by atoms with Crippen LogP contribution < -0.4 is 0 Å². The van der Waals surface area contributed by atoms with Crippen molar-refractivity contribution >= 4 is 23.4 Å². The minimum Gasteiger partial charge on any atom is -0.243 e. The third kappa shape index (κ3) is 4.02.